The molecule has 0 aromatic heterocycles. The molecule has 0 atom stereocenters. The van der Waals surface area contributed by atoms with E-state index >= 15 is 0 Å². The van der Waals surface area contributed by atoms with Crippen LogP contribution in [-0.4, -0.2) is 6.71 Å². The number of para-hydroxylation sites is 1. The molecule has 0 fully saturated rings. The standard InChI is InChI=1S/C54H45BN2/c1-36-20-28-44(29-21-36)56-49-30-22-37(2)32-46(49)55-47-35-43(54(3,4)5)27-31-50(47)57(48-19-13-12-18-45(48)41-16-10-7-11-17-41)52-34-42(33-51(56)53(52)55)40-25-23-39(24-26-40)38-14-8-6-9-15-38/h6-35H,1-5H3. The maximum Gasteiger partial charge on any atom is 0.252 e. The number of fused-ring (bicyclic) bond motifs is 4. The van der Waals surface area contributed by atoms with Gasteiger partial charge in [-0.15, -0.1) is 0 Å². The maximum absolute atomic E-state index is 2.56. The summed E-state index contributed by atoms with van der Waals surface area (Å²) in [6, 6.07) is 67.8. The van der Waals surface area contributed by atoms with Crippen molar-refractivity contribution in [2.45, 2.75) is 40.0 Å². The summed E-state index contributed by atoms with van der Waals surface area (Å²) in [7, 11) is 0. The van der Waals surface area contributed by atoms with E-state index in [4.69, 9.17) is 0 Å². The predicted molar refractivity (Wildman–Crippen MR) is 245 cm³/mol. The molecule has 8 aromatic carbocycles. The lowest BCUT2D eigenvalue weighted by atomic mass is 9.33. The first-order valence-corrected chi connectivity index (χ1v) is 20.1. The normalized spacial score (nSPS) is 12.9. The van der Waals surface area contributed by atoms with Crippen LogP contribution >= 0.6 is 0 Å². The van der Waals surface area contributed by atoms with Crippen molar-refractivity contribution in [3.8, 4) is 33.4 Å². The van der Waals surface area contributed by atoms with Crippen molar-refractivity contribution in [1.29, 1.82) is 0 Å². The van der Waals surface area contributed by atoms with Gasteiger partial charge in [-0.2, -0.15) is 0 Å². The Labute approximate surface area is 337 Å². The Bertz CT molecular complexity index is 2780. The van der Waals surface area contributed by atoms with Gasteiger partial charge in [0.15, 0.2) is 0 Å². The van der Waals surface area contributed by atoms with E-state index in [1.54, 1.807) is 0 Å². The highest BCUT2D eigenvalue weighted by Gasteiger charge is 2.44. The smallest absolute Gasteiger partial charge is 0.252 e. The van der Waals surface area contributed by atoms with Gasteiger partial charge in [0.25, 0.3) is 6.71 Å². The average molecular weight is 733 g/mol. The van der Waals surface area contributed by atoms with Gasteiger partial charge in [0.05, 0.1) is 5.69 Å². The zero-order valence-corrected chi connectivity index (χ0v) is 33.3. The Kier molecular flexibility index (Phi) is 8.30. The van der Waals surface area contributed by atoms with Crippen LogP contribution < -0.4 is 26.2 Å². The molecule has 0 bridgehead atoms. The molecule has 0 radical (unpaired) electrons. The molecular formula is C54H45BN2. The van der Waals surface area contributed by atoms with E-state index in [0.717, 1.165) is 5.69 Å². The molecule has 3 heteroatoms. The number of hydrogen-bond donors (Lipinski definition) is 0. The fourth-order valence-corrected chi connectivity index (χ4v) is 9.01. The molecule has 2 aliphatic rings. The van der Waals surface area contributed by atoms with Gasteiger partial charge in [0.2, 0.25) is 0 Å². The minimum atomic E-state index is -0.0152. The van der Waals surface area contributed by atoms with Crippen LogP contribution in [0.3, 0.4) is 0 Å². The first-order chi connectivity index (χ1) is 27.7. The van der Waals surface area contributed by atoms with Crippen LogP contribution in [0, 0.1) is 13.8 Å². The third-order valence-electron chi connectivity index (χ3n) is 11.9. The molecule has 0 amide bonds. The molecule has 10 rings (SSSR count). The van der Waals surface area contributed by atoms with E-state index < -0.39 is 0 Å². The van der Waals surface area contributed by atoms with Crippen LogP contribution in [0.2, 0.25) is 0 Å². The molecule has 2 nitrogen and oxygen atoms in total. The Morgan fingerprint density at radius 1 is 0.386 bits per heavy atom. The largest absolute Gasteiger partial charge is 0.311 e. The van der Waals surface area contributed by atoms with Gasteiger partial charge >= 0.3 is 0 Å². The van der Waals surface area contributed by atoms with E-state index in [2.05, 4.69) is 226 Å². The van der Waals surface area contributed by atoms with Gasteiger partial charge < -0.3 is 9.80 Å². The second-order valence-corrected chi connectivity index (χ2v) is 16.8. The Morgan fingerprint density at radius 3 is 1.60 bits per heavy atom. The number of anilines is 6. The van der Waals surface area contributed by atoms with Crippen molar-refractivity contribution >= 4 is 57.2 Å². The van der Waals surface area contributed by atoms with Crippen LogP contribution in [0.1, 0.15) is 37.5 Å². The number of rotatable bonds is 5. The summed E-state index contributed by atoms with van der Waals surface area (Å²) < 4.78 is 0. The topological polar surface area (TPSA) is 6.48 Å². The van der Waals surface area contributed by atoms with Gasteiger partial charge in [0.1, 0.15) is 0 Å². The molecule has 274 valence electrons. The maximum atomic E-state index is 2.56. The van der Waals surface area contributed by atoms with E-state index in [1.165, 1.54) is 94.9 Å². The average Bonchev–Trinajstić information content (AvgIpc) is 3.24. The number of nitrogens with zero attached hydrogens (tertiary/aromatic N) is 2. The monoisotopic (exact) mass is 732 g/mol. The highest BCUT2D eigenvalue weighted by atomic mass is 15.2. The summed E-state index contributed by atoms with van der Waals surface area (Å²) >= 11 is 0. The molecular weight excluding hydrogens is 687 g/mol. The molecule has 0 spiro atoms. The minimum Gasteiger partial charge on any atom is -0.311 e. The Balaban J connectivity index is 1.31. The summed E-state index contributed by atoms with van der Waals surface area (Å²) in [6.07, 6.45) is 0. The number of benzene rings is 8. The van der Waals surface area contributed by atoms with Gasteiger partial charge in [-0.05, 0) is 111 Å². The zero-order valence-electron chi connectivity index (χ0n) is 33.3. The lowest BCUT2D eigenvalue weighted by Gasteiger charge is -2.45. The first-order valence-electron chi connectivity index (χ1n) is 20.1. The van der Waals surface area contributed by atoms with Crippen molar-refractivity contribution in [3.63, 3.8) is 0 Å². The van der Waals surface area contributed by atoms with Gasteiger partial charge in [0, 0.05) is 34.0 Å². The van der Waals surface area contributed by atoms with Crippen LogP contribution in [0.4, 0.5) is 34.1 Å². The Morgan fingerprint density at radius 2 is 0.912 bits per heavy atom. The molecule has 2 aliphatic heterocycles. The lowest BCUT2D eigenvalue weighted by molar-refractivity contribution is 0.591. The summed E-state index contributed by atoms with van der Waals surface area (Å²) in [6.45, 7) is 11.4. The molecule has 0 saturated carbocycles. The van der Waals surface area contributed by atoms with Crippen molar-refractivity contribution in [2.75, 3.05) is 9.80 Å². The fourth-order valence-electron chi connectivity index (χ4n) is 9.01. The van der Waals surface area contributed by atoms with Crippen molar-refractivity contribution in [1.82, 2.24) is 0 Å². The third-order valence-corrected chi connectivity index (χ3v) is 11.9. The van der Waals surface area contributed by atoms with Gasteiger partial charge in [-0.3, -0.25) is 0 Å². The molecule has 0 N–H and O–H groups in total. The van der Waals surface area contributed by atoms with Crippen molar-refractivity contribution in [2.24, 2.45) is 0 Å². The second-order valence-electron chi connectivity index (χ2n) is 16.8. The summed E-state index contributed by atoms with van der Waals surface area (Å²) in [5, 5.41) is 0. The third kappa shape index (κ3) is 5.97. The van der Waals surface area contributed by atoms with Crippen molar-refractivity contribution < 1.29 is 0 Å². The van der Waals surface area contributed by atoms with Crippen LogP contribution in [0.5, 0.6) is 0 Å². The number of hydrogen-bond acceptors (Lipinski definition) is 2. The molecule has 8 aromatic rings. The minimum absolute atomic E-state index is 0.0152. The first kappa shape index (κ1) is 34.9. The molecule has 2 heterocycles. The van der Waals surface area contributed by atoms with E-state index in [0.29, 0.717) is 0 Å². The highest BCUT2D eigenvalue weighted by molar-refractivity contribution is 7.00. The Hall–Kier alpha value is -6.58. The second kappa shape index (κ2) is 13.6. The van der Waals surface area contributed by atoms with Crippen LogP contribution in [0.15, 0.2) is 182 Å². The van der Waals surface area contributed by atoms with E-state index in [1.807, 2.05) is 0 Å². The fraction of sp³-hybridized carbons (Fsp3) is 0.111. The van der Waals surface area contributed by atoms with Crippen molar-refractivity contribution in [3.05, 3.63) is 199 Å². The molecule has 57 heavy (non-hydrogen) atoms. The zero-order chi connectivity index (χ0) is 38.8. The summed E-state index contributed by atoms with van der Waals surface area (Å²) in [5.41, 5.74) is 22.3. The van der Waals surface area contributed by atoms with Crippen LogP contribution in [0.25, 0.3) is 33.4 Å². The predicted octanol–water partition coefficient (Wildman–Crippen LogP) is 12.7. The van der Waals surface area contributed by atoms with E-state index in [9.17, 15) is 0 Å². The molecule has 0 saturated heterocycles. The molecule has 0 aliphatic carbocycles. The van der Waals surface area contributed by atoms with Gasteiger partial charge in [-0.25, -0.2) is 0 Å². The quantitative estimate of drug-likeness (QED) is 0.163. The van der Waals surface area contributed by atoms with Crippen LogP contribution in [-0.2, 0) is 5.41 Å². The summed E-state index contributed by atoms with van der Waals surface area (Å²) in [4.78, 5) is 5.08. The van der Waals surface area contributed by atoms with E-state index in [-0.39, 0.29) is 12.1 Å². The van der Waals surface area contributed by atoms with Gasteiger partial charge in [-0.1, -0.05) is 171 Å². The lowest BCUT2D eigenvalue weighted by Crippen LogP contribution is -2.61. The highest BCUT2D eigenvalue weighted by Crippen LogP contribution is 2.48. The SMILES string of the molecule is Cc1ccc(N2c3ccc(C)cc3B3c4cc(C(C)(C)C)ccc4N(c4ccccc4-c4ccccc4)c4cc(-c5ccc(-c6ccccc6)cc5)cc2c43)cc1. The summed E-state index contributed by atoms with van der Waals surface area (Å²) in [5.74, 6) is 0. The number of aryl methyl sites for hydroxylation is 2. The molecule has 0 unspecified atom stereocenters.